The van der Waals surface area contributed by atoms with E-state index in [0.717, 1.165) is 0 Å². The number of anilines is 1. The molecule has 0 radical (unpaired) electrons. The molecule has 1 rings (SSSR count). The molecular formula is C12H18Cl2F3N3O2. The zero-order valence-electron chi connectivity index (χ0n) is 11.9. The first kappa shape index (κ1) is 23.0. The third kappa shape index (κ3) is 8.26. The van der Waals surface area contributed by atoms with Gasteiger partial charge in [0.15, 0.2) is 6.61 Å². The van der Waals surface area contributed by atoms with Crippen molar-refractivity contribution in [2.24, 2.45) is 11.7 Å². The fourth-order valence-corrected chi connectivity index (χ4v) is 1.22. The SMILES string of the molecule is CC(C)[C@@H](N)C(=O)Nc1ccc(OCC(F)(F)F)nc1.Cl.Cl. The summed E-state index contributed by atoms with van der Waals surface area (Å²) < 4.78 is 40.2. The number of nitrogens with one attached hydrogen (secondary N) is 1. The lowest BCUT2D eigenvalue weighted by Gasteiger charge is -2.15. The number of pyridine rings is 1. The van der Waals surface area contributed by atoms with Crippen molar-refractivity contribution in [3.8, 4) is 5.88 Å². The van der Waals surface area contributed by atoms with E-state index >= 15 is 0 Å². The standard InChI is InChI=1S/C12H16F3N3O2.2ClH/c1-7(2)10(16)11(19)18-8-3-4-9(17-5-8)20-6-12(13,14)15;;/h3-5,7,10H,6,16H2,1-2H3,(H,18,19);2*1H/t10-;;/m1../s1. The Bertz CT molecular complexity index is 456. The Balaban J connectivity index is 0. The summed E-state index contributed by atoms with van der Waals surface area (Å²) in [5, 5.41) is 2.52. The number of nitrogens with zero attached hydrogens (tertiary/aromatic N) is 1. The Hall–Kier alpha value is -1.25. The van der Waals surface area contributed by atoms with E-state index in [1.807, 2.05) is 0 Å². The van der Waals surface area contributed by atoms with Crippen LogP contribution in [0.3, 0.4) is 0 Å². The van der Waals surface area contributed by atoms with Gasteiger partial charge in [-0.15, -0.1) is 24.8 Å². The molecule has 0 spiro atoms. The van der Waals surface area contributed by atoms with Crippen LogP contribution in [-0.4, -0.2) is 29.7 Å². The molecular weight excluding hydrogens is 346 g/mol. The van der Waals surface area contributed by atoms with Gasteiger partial charge < -0.3 is 15.8 Å². The summed E-state index contributed by atoms with van der Waals surface area (Å²) in [6, 6.07) is 1.96. The van der Waals surface area contributed by atoms with Crippen molar-refractivity contribution in [2.75, 3.05) is 11.9 Å². The molecule has 1 amide bonds. The number of nitrogens with two attached hydrogens (primary N) is 1. The molecule has 1 aromatic heterocycles. The topological polar surface area (TPSA) is 77.2 Å². The van der Waals surface area contributed by atoms with Crippen LogP contribution in [0.2, 0.25) is 0 Å². The van der Waals surface area contributed by atoms with Crippen LogP contribution in [0.5, 0.6) is 5.88 Å². The first-order valence-electron chi connectivity index (χ1n) is 5.91. The highest BCUT2D eigenvalue weighted by Crippen LogP contribution is 2.18. The van der Waals surface area contributed by atoms with Gasteiger partial charge in [0.2, 0.25) is 11.8 Å². The molecule has 128 valence electrons. The average Bonchev–Trinajstić information content (AvgIpc) is 2.36. The van der Waals surface area contributed by atoms with Crippen LogP contribution in [0.25, 0.3) is 0 Å². The van der Waals surface area contributed by atoms with E-state index < -0.39 is 18.8 Å². The predicted octanol–water partition coefficient (Wildman–Crippen LogP) is 2.79. The Morgan fingerprint density at radius 2 is 1.95 bits per heavy atom. The van der Waals surface area contributed by atoms with Gasteiger partial charge in [-0.1, -0.05) is 13.8 Å². The van der Waals surface area contributed by atoms with Crippen molar-refractivity contribution < 1.29 is 22.7 Å². The number of alkyl halides is 3. The number of carbonyl (C=O) groups is 1. The van der Waals surface area contributed by atoms with Crippen LogP contribution in [0.15, 0.2) is 18.3 Å². The minimum absolute atomic E-state index is 0. The van der Waals surface area contributed by atoms with E-state index in [0.29, 0.717) is 5.69 Å². The summed E-state index contributed by atoms with van der Waals surface area (Å²) in [5.41, 5.74) is 5.99. The molecule has 10 heteroatoms. The number of halogens is 5. The van der Waals surface area contributed by atoms with Gasteiger partial charge in [-0.2, -0.15) is 13.2 Å². The molecule has 0 aromatic carbocycles. The lowest BCUT2D eigenvalue weighted by Crippen LogP contribution is -2.39. The van der Waals surface area contributed by atoms with Crippen molar-refractivity contribution in [1.29, 1.82) is 0 Å². The molecule has 0 fully saturated rings. The van der Waals surface area contributed by atoms with Crippen molar-refractivity contribution in [2.45, 2.75) is 26.1 Å². The zero-order valence-corrected chi connectivity index (χ0v) is 13.5. The number of ether oxygens (including phenoxy) is 1. The molecule has 0 aliphatic heterocycles. The summed E-state index contributed by atoms with van der Waals surface area (Å²) in [4.78, 5) is 15.3. The number of aromatic nitrogens is 1. The summed E-state index contributed by atoms with van der Waals surface area (Å²) in [6.07, 6.45) is -3.21. The summed E-state index contributed by atoms with van der Waals surface area (Å²) >= 11 is 0. The molecule has 0 aliphatic rings. The van der Waals surface area contributed by atoms with Gasteiger partial charge in [0.05, 0.1) is 17.9 Å². The Labute approximate surface area is 138 Å². The number of hydrogen-bond donors (Lipinski definition) is 2. The fraction of sp³-hybridized carbons (Fsp3) is 0.500. The second-order valence-electron chi connectivity index (χ2n) is 4.55. The molecule has 0 saturated heterocycles. The predicted molar refractivity (Wildman–Crippen MR) is 81.7 cm³/mol. The third-order valence-corrected chi connectivity index (χ3v) is 2.41. The maximum atomic E-state index is 11.9. The van der Waals surface area contributed by atoms with Gasteiger partial charge in [-0.3, -0.25) is 4.79 Å². The van der Waals surface area contributed by atoms with Gasteiger partial charge in [0, 0.05) is 6.07 Å². The maximum Gasteiger partial charge on any atom is 0.422 e. The van der Waals surface area contributed by atoms with Crippen LogP contribution in [0.1, 0.15) is 13.8 Å². The van der Waals surface area contributed by atoms with Crippen LogP contribution >= 0.6 is 24.8 Å². The molecule has 1 heterocycles. The van der Waals surface area contributed by atoms with Crippen LogP contribution in [0, 0.1) is 5.92 Å². The van der Waals surface area contributed by atoms with Crippen molar-refractivity contribution in [1.82, 2.24) is 4.98 Å². The highest BCUT2D eigenvalue weighted by molar-refractivity contribution is 5.94. The zero-order chi connectivity index (χ0) is 15.3. The average molecular weight is 364 g/mol. The highest BCUT2D eigenvalue weighted by atomic mass is 35.5. The number of amides is 1. The molecule has 0 unspecified atom stereocenters. The quantitative estimate of drug-likeness (QED) is 0.842. The van der Waals surface area contributed by atoms with E-state index in [4.69, 9.17) is 5.73 Å². The van der Waals surface area contributed by atoms with E-state index in [-0.39, 0.29) is 42.5 Å². The van der Waals surface area contributed by atoms with E-state index in [9.17, 15) is 18.0 Å². The van der Waals surface area contributed by atoms with Gasteiger partial charge in [-0.25, -0.2) is 4.98 Å². The monoisotopic (exact) mass is 363 g/mol. The van der Waals surface area contributed by atoms with Gasteiger partial charge in [0.1, 0.15) is 0 Å². The largest absolute Gasteiger partial charge is 0.468 e. The fourth-order valence-electron chi connectivity index (χ4n) is 1.22. The van der Waals surface area contributed by atoms with Gasteiger partial charge in [0.25, 0.3) is 0 Å². The van der Waals surface area contributed by atoms with Crippen molar-refractivity contribution >= 4 is 36.4 Å². The normalized spacial score (nSPS) is 12.0. The van der Waals surface area contributed by atoms with Crippen LogP contribution < -0.4 is 15.8 Å². The smallest absolute Gasteiger partial charge is 0.422 e. The van der Waals surface area contributed by atoms with Crippen LogP contribution in [-0.2, 0) is 4.79 Å². The first-order chi connectivity index (χ1) is 9.19. The second-order valence-corrected chi connectivity index (χ2v) is 4.55. The summed E-state index contributed by atoms with van der Waals surface area (Å²) in [5.74, 6) is -0.586. The summed E-state index contributed by atoms with van der Waals surface area (Å²) in [6.45, 7) is 2.19. The molecule has 22 heavy (non-hydrogen) atoms. The van der Waals surface area contributed by atoms with E-state index in [1.165, 1.54) is 18.3 Å². The number of hydrogen-bond acceptors (Lipinski definition) is 4. The highest BCUT2D eigenvalue weighted by Gasteiger charge is 2.28. The summed E-state index contributed by atoms with van der Waals surface area (Å²) in [7, 11) is 0. The van der Waals surface area contributed by atoms with E-state index in [1.54, 1.807) is 13.8 Å². The van der Waals surface area contributed by atoms with Crippen molar-refractivity contribution in [3.05, 3.63) is 18.3 Å². The second kappa shape index (κ2) is 9.70. The Kier molecular flexibility index (Phi) is 10.2. The molecule has 0 bridgehead atoms. The Morgan fingerprint density at radius 3 is 2.36 bits per heavy atom. The lowest BCUT2D eigenvalue weighted by atomic mass is 10.1. The number of carbonyl (C=O) groups excluding carboxylic acids is 1. The van der Waals surface area contributed by atoms with E-state index in [2.05, 4.69) is 15.0 Å². The van der Waals surface area contributed by atoms with Gasteiger partial charge in [-0.05, 0) is 12.0 Å². The maximum absolute atomic E-state index is 11.9. The van der Waals surface area contributed by atoms with Crippen molar-refractivity contribution in [3.63, 3.8) is 0 Å². The lowest BCUT2D eigenvalue weighted by molar-refractivity contribution is -0.154. The molecule has 1 aromatic rings. The number of rotatable bonds is 5. The van der Waals surface area contributed by atoms with Gasteiger partial charge >= 0.3 is 6.18 Å². The minimum atomic E-state index is -4.42. The van der Waals surface area contributed by atoms with Crippen LogP contribution in [0.4, 0.5) is 18.9 Å². The first-order valence-corrected chi connectivity index (χ1v) is 5.91. The minimum Gasteiger partial charge on any atom is -0.468 e. The molecule has 3 N–H and O–H groups in total. The third-order valence-electron chi connectivity index (χ3n) is 2.41. The molecule has 1 atom stereocenters. The Morgan fingerprint density at radius 1 is 1.36 bits per heavy atom. The molecule has 5 nitrogen and oxygen atoms in total. The molecule has 0 aliphatic carbocycles. The molecule has 0 saturated carbocycles.